The van der Waals surface area contributed by atoms with Crippen molar-refractivity contribution in [1.29, 1.82) is 0 Å². The lowest BCUT2D eigenvalue weighted by Crippen LogP contribution is -2.45. The summed E-state index contributed by atoms with van der Waals surface area (Å²) < 4.78 is 5.59. The van der Waals surface area contributed by atoms with Crippen LogP contribution in [0.4, 0.5) is 0 Å². The molecule has 1 aromatic rings. The molecule has 0 aromatic heterocycles. The van der Waals surface area contributed by atoms with Crippen LogP contribution in [0, 0.1) is 17.8 Å². The van der Waals surface area contributed by atoms with Gasteiger partial charge >= 0.3 is 0 Å². The number of carbonyl (C=O) groups excluding carboxylic acids is 1. The van der Waals surface area contributed by atoms with E-state index in [0.29, 0.717) is 25.0 Å². The Labute approximate surface area is 126 Å². The number of hydrogen-bond donors (Lipinski definition) is 2. The van der Waals surface area contributed by atoms with Gasteiger partial charge < -0.3 is 15.8 Å². The van der Waals surface area contributed by atoms with Crippen LogP contribution >= 0.6 is 0 Å². The van der Waals surface area contributed by atoms with Gasteiger partial charge in [0.05, 0.1) is 12.5 Å². The number of fused-ring (bicyclic) bond motifs is 2. The van der Waals surface area contributed by atoms with E-state index in [1.54, 1.807) is 0 Å². The summed E-state index contributed by atoms with van der Waals surface area (Å²) in [5.41, 5.74) is 7.24. The Kier molecular flexibility index (Phi) is 4.15. The van der Waals surface area contributed by atoms with Gasteiger partial charge in [0.15, 0.2) is 0 Å². The van der Waals surface area contributed by atoms with E-state index in [1.165, 1.54) is 6.42 Å². The maximum absolute atomic E-state index is 12.5. The minimum Gasteiger partial charge on any atom is -0.494 e. The lowest BCUT2D eigenvalue weighted by Gasteiger charge is -2.27. The Balaban J connectivity index is 1.61. The van der Waals surface area contributed by atoms with Crippen molar-refractivity contribution >= 4 is 5.91 Å². The Hall–Kier alpha value is -1.55. The molecule has 2 bridgehead atoms. The zero-order chi connectivity index (χ0) is 14.8. The van der Waals surface area contributed by atoms with Crippen LogP contribution in [0.25, 0.3) is 0 Å². The summed E-state index contributed by atoms with van der Waals surface area (Å²) in [7, 11) is 0. The number of para-hydroxylation sites is 1. The molecule has 2 aliphatic rings. The largest absolute Gasteiger partial charge is 0.494 e. The van der Waals surface area contributed by atoms with E-state index in [0.717, 1.165) is 24.2 Å². The number of rotatable bonds is 5. The average molecular weight is 288 g/mol. The number of nitrogens with one attached hydrogen (secondary N) is 1. The van der Waals surface area contributed by atoms with Gasteiger partial charge in [-0.1, -0.05) is 18.2 Å². The molecule has 3 N–H and O–H groups in total. The molecule has 1 aromatic carbocycles. The van der Waals surface area contributed by atoms with E-state index in [-0.39, 0.29) is 17.9 Å². The summed E-state index contributed by atoms with van der Waals surface area (Å²) in [5.74, 6) is 2.01. The number of benzene rings is 1. The highest BCUT2D eigenvalue weighted by atomic mass is 16.5. The maximum Gasteiger partial charge on any atom is 0.225 e. The van der Waals surface area contributed by atoms with E-state index in [9.17, 15) is 4.79 Å². The molecule has 0 spiro atoms. The van der Waals surface area contributed by atoms with Crippen molar-refractivity contribution in [2.75, 3.05) is 6.61 Å². The number of amides is 1. The fourth-order valence-electron chi connectivity index (χ4n) is 3.97. The third kappa shape index (κ3) is 2.77. The first-order valence-corrected chi connectivity index (χ1v) is 7.94. The number of ether oxygens (including phenoxy) is 1. The average Bonchev–Trinajstić information content (AvgIpc) is 3.07. The van der Waals surface area contributed by atoms with Crippen LogP contribution in [0.5, 0.6) is 5.75 Å². The molecule has 4 nitrogen and oxygen atoms in total. The van der Waals surface area contributed by atoms with Gasteiger partial charge in [0, 0.05) is 18.2 Å². The van der Waals surface area contributed by atoms with Crippen LogP contribution < -0.4 is 15.8 Å². The number of nitrogens with two attached hydrogens (primary N) is 1. The molecule has 0 aliphatic heterocycles. The van der Waals surface area contributed by atoms with Crippen molar-refractivity contribution in [2.45, 2.75) is 38.8 Å². The normalized spacial score (nSPS) is 30.4. The van der Waals surface area contributed by atoms with Crippen LogP contribution in [0.3, 0.4) is 0 Å². The van der Waals surface area contributed by atoms with Gasteiger partial charge in [-0.25, -0.2) is 0 Å². The van der Waals surface area contributed by atoms with E-state index in [1.807, 2.05) is 31.2 Å². The molecule has 0 saturated heterocycles. The smallest absolute Gasteiger partial charge is 0.225 e. The molecular weight excluding hydrogens is 264 g/mol. The van der Waals surface area contributed by atoms with Crippen molar-refractivity contribution in [3.63, 3.8) is 0 Å². The second kappa shape index (κ2) is 6.06. The Morgan fingerprint density at radius 3 is 2.81 bits per heavy atom. The van der Waals surface area contributed by atoms with Crippen LogP contribution in [0.1, 0.15) is 31.7 Å². The van der Waals surface area contributed by atoms with Crippen molar-refractivity contribution in [3.8, 4) is 5.75 Å². The molecule has 114 valence electrons. The molecule has 4 unspecified atom stereocenters. The molecule has 4 atom stereocenters. The Morgan fingerprint density at radius 2 is 2.10 bits per heavy atom. The molecule has 2 fully saturated rings. The molecule has 2 saturated carbocycles. The van der Waals surface area contributed by atoms with Crippen molar-refractivity contribution in [3.05, 3.63) is 29.8 Å². The van der Waals surface area contributed by atoms with E-state index in [4.69, 9.17) is 10.5 Å². The highest BCUT2D eigenvalue weighted by molar-refractivity contribution is 5.80. The summed E-state index contributed by atoms with van der Waals surface area (Å²) >= 11 is 0. The van der Waals surface area contributed by atoms with E-state index >= 15 is 0 Å². The first-order chi connectivity index (χ1) is 10.2. The second-order valence-corrected chi connectivity index (χ2v) is 6.19. The van der Waals surface area contributed by atoms with Gasteiger partial charge in [-0.05, 0) is 44.1 Å². The van der Waals surface area contributed by atoms with Crippen molar-refractivity contribution < 1.29 is 9.53 Å². The minimum absolute atomic E-state index is 0.00278. The van der Waals surface area contributed by atoms with Crippen LogP contribution in [0.15, 0.2) is 24.3 Å². The van der Waals surface area contributed by atoms with E-state index in [2.05, 4.69) is 5.32 Å². The number of carbonyl (C=O) groups is 1. The monoisotopic (exact) mass is 288 g/mol. The van der Waals surface area contributed by atoms with Gasteiger partial charge in [0.2, 0.25) is 5.91 Å². The second-order valence-electron chi connectivity index (χ2n) is 6.19. The fraction of sp³-hybridized carbons (Fsp3) is 0.588. The third-order valence-electron chi connectivity index (χ3n) is 5.01. The fourth-order valence-corrected chi connectivity index (χ4v) is 3.97. The van der Waals surface area contributed by atoms with Gasteiger partial charge in [-0.2, -0.15) is 0 Å². The minimum atomic E-state index is 0.00278. The van der Waals surface area contributed by atoms with Gasteiger partial charge in [0.25, 0.3) is 0 Å². The predicted molar refractivity (Wildman–Crippen MR) is 81.8 cm³/mol. The van der Waals surface area contributed by atoms with Crippen LogP contribution in [0.2, 0.25) is 0 Å². The number of hydrogen-bond acceptors (Lipinski definition) is 3. The molecule has 4 heteroatoms. The predicted octanol–water partition coefficient (Wildman–Crippen LogP) is 2.07. The van der Waals surface area contributed by atoms with Crippen molar-refractivity contribution in [2.24, 2.45) is 23.5 Å². The molecule has 3 rings (SSSR count). The zero-order valence-electron chi connectivity index (χ0n) is 12.5. The topological polar surface area (TPSA) is 64.3 Å². The zero-order valence-corrected chi connectivity index (χ0v) is 12.5. The standard InChI is InChI=1S/C17H24N2O2/c1-2-21-14-6-4-3-5-13(14)10-19-17(20)15-11-7-8-12(9-11)16(15)18/h3-6,11-12,15-16H,2,7-10,18H2,1H3,(H,19,20). The summed E-state index contributed by atoms with van der Waals surface area (Å²) in [6, 6.07) is 7.89. The molecule has 0 heterocycles. The Morgan fingerprint density at radius 1 is 1.33 bits per heavy atom. The van der Waals surface area contributed by atoms with Gasteiger partial charge in [-0.15, -0.1) is 0 Å². The van der Waals surface area contributed by atoms with Gasteiger partial charge in [-0.3, -0.25) is 4.79 Å². The highest BCUT2D eigenvalue weighted by Crippen LogP contribution is 2.47. The van der Waals surface area contributed by atoms with Crippen molar-refractivity contribution in [1.82, 2.24) is 5.32 Å². The first-order valence-electron chi connectivity index (χ1n) is 7.94. The summed E-state index contributed by atoms with van der Waals surface area (Å²) in [6.07, 6.45) is 3.49. The first kappa shape index (κ1) is 14.4. The summed E-state index contributed by atoms with van der Waals surface area (Å²) in [4.78, 5) is 12.5. The molecule has 2 aliphatic carbocycles. The molecule has 21 heavy (non-hydrogen) atoms. The lowest BCUT2D eigenvalue weighted by molar-refractivity contribution is -0.127. The molecule has 0 radical (unpaired) electrons. The highest BCUT2D eigenvalue weighted by Gasteiger charge is 2.48. The summed E-state index contributed by atoms with van der Waals surface area (Å²) in [5, 5.41) is 3.06. The molecular formula is C17H24N2O2. The molecule has 1 amide bonds. The van der Waals surface area contributed by atoms with E-state index < -0.39 is 0 Å². The lowest BCUT2D eigenvalue weighted by atomic mass is 9.84. The van der Waals surface area contributed by atoms with Gasteiger partial charge in [0.1, 0.15) is 5.75 Å². The maximum atomic E-state index is 12.5. The SMILES string of the molecule is CCOc1ccccc1CNC(=O)C1C2CCC(C2)C1N. The summed E-state index contributed by atoms with van der Waals surface area (Å²) in [6.45, 7) is 3.10. The Bertz CT molecular complexity index is 515. The van der Waals surface area contributed by atoms with Crippen LogP contribution in [-0.4, -0.2) is 18.6 Å². The quantitative estimate of drug-likeness (QED) is 0.872. The van der Waals surface area contributed by atoms with Crippen LogP contribution in [-0.2, 0) is 11.3 Å². The third-order valence-corrected chi connectivity index (χ3v) is 5.01.